The topological polar surface area (TPSA) is 20.3 Å². The molecule has 0 atom stereocenters. The van der Waals surface area contributed by atoms with Crippen molar-refractivity contribution in [2.24, 2.45) is 0 Å². The maximum Gasteiger partial charge on any atom is 0.105 e. The number of nitrogens with zero attached hydrogens (tertiary/aromatic N) is 1. The summed E-state index contributed by atoms with van der Waals surface area (Å²) in [6, 6.07) is 9.42. The van der Waals surface area contributed by atoms with Crippen LogP contribution in [0.1, 0.15) is 6.92 Å². The van der Waals surface area contributed by atoms with Crippen LogP contribution in [0, 0.1) is 0 Å². The van der Waals surface area contributed by atoms with E-state index < -0.39 is 0 Å². The van der Waals surface area contributed by atoms with Gasteiger partial charge < -0.3 is 22.3 Å². The Balaban J connectivity index is 2.88. The van der Waals surface area contributed by atoms with E-state index in [1.54, 1.807) is 4.90 Å². The van der Waals surface area contributed by atoms with Gasteiger partial charge in [0.15, 0.2) is 0 Å². The van der Waals surface area contributed by atoms with E-state index in [-0.39, 0.29) is 5.24 Å². The van der Waals surface area contributed by atoms with Crippen LogP contribution in [0.5, 0.6) is 0 Å². The van der Waals surface area contributed by atoms with Crippen LogP contribution in [0.3, 0.4) is 0 Å². The van der Waals surface area contributed by atoms with Crippen LogP contribution in [0.15, 0.2) is 30.3 Å². The van der Waals surface area contributed by atoms with E-state index in [4.69, 9.17) is 0 Å². The van der Waals surface area contributed by atoms with Gasteiger partial charge in [-0.1, -0.05) is 18.2 Å². The molecule has 1 amide bonds. The van der Waals surface area contributed by atoms with E-state index in [2.05, 4.69) is 12.6 Å². The second kappa shape index (κ2) is 4.07. The van der Waals surface area contributed by atoms with Crippen molar-refractivity contribution in [3.63, 3.8) is 0 Å². The molecule has 0 aliphatic rings. The van der Waals surface area contributed by atoms with Crippen molar-refractivity contribution >= 4 is 23.6 Å². The largest absolute Gasteiger partial charge is 0.719 e. The molecule has 0 bridgehead atoms. The zero-order valence-corrected chi connectivity index (χ0v) is 7.67. The molecule has 0 aliphatic heterocycles. The summed E-state index contributed by atoms with van der Waals surface area (Å²) < 4.78 is 0. The van der Waals surface area contributed by atoms with Crippen LogP contribution >= 0.6 is 0 Å². The SMILES string of the molecule is CCN(C(=O)[S-])c1ccccc1. The lowest BCUT2D eigenvalue weighted by molar-refractivity contribution is 0.265. The summed E-state index contributed by atoms with van der Waals surface area (Å²) in [4.78, 5) is 12.5. The third-order valence-electron chi connectivity index (χ3n) is 1.60. The van der Waals surface area contributed by atoms with Gasteiger partial charge in [-0.3, -0.25) is 0 Å². The minimum Gasteiger partial charge on any atom is -0.719 e. The van der Waals surface area contributed by atoms with E-state index in [0.29, 0.717) is 6.54 Å². The molecule has 2 nitrogen and oxygen atoms in total. The van der Waals surface area contributed by atoms with Crippen molar-refractivity contribution < 1.29 is 4.79 Å². The molecule has 0 aliphatic carbocycles. The highest BCUT2D eigenvalue weighted by molar-refractivity contribution is 7.77. The number of hydrogen-bond acceptors (Lipinski definition) is 2. The molecule has 1 rings (SSSR count). The van der Waals surface area contributed by atoms with Crippen molar-refractivity contribution in [2.45, 2.75) is 6.92 Å². The first kappa shape index (κ1) is 9.00. The lowest BCUT2D eigenvalue weighted by Crippen LogP contribution is -2.26. The lowest BCUT2D eigenvalue weighted by Gasteiger charge is -2.24. The molecular formula is C9H10NOS-. The standard InChI is InChI=1S/C9H11NOS/c1-2-10(9(11)12)8-6-4-3-5-7-8/h3-7H,2H2,1H3,(H,11,12)/p-1. The van der Waals surface area contributed by atoms with Crippen LogP contribution in [-0.4, -0.2) is 11.8 Å². The van der Waals surface area contributed by atoms with Crippen LogP contribution in [0.4, 0.5) is 10.5 Å². The predicted octanol–water partition coefficient (Wildman–Crippen LogP) is 2.18. The first-order chi connectivity index (χ1) is 5.75. The van der Waals surface area contributed by atoms with Gasteiger partial charge in [0.05, 0.1) is 0 Å². The van der Waals surface area contributed by atoms with Crippen molar-refractivity contribution in [1.29, 1.82) is 0 Å². The number of benzene rings is 1. The Bertz CT molecular complexity index is 260. The summed E-state index contributed by atoms with van der Waals surface area (Å²) in [6.45, 7) is 2.52. The van der Waals surface area contributed by atoms with Crippen LogP contribution in [0.25, 0.3) is 0 Å². The molecule has 0 N–H and O–H groups in total. The summed E-state index contributed by atoms with van der Waals surface area (Å²) in [5, 5.41) is -0.330. The van der Waals surface area contributed by atoms with E-state index in [0.717, 1.165) is 5.69 Å². The Morgan fingerprint density at radius 1 is 1.42 bits per heavy atom. The molecular weight excluding hydrogens is 170 g/mol. The summed E-state index contributed by atoms with van der Waals surface area (Å²) in [6.07, 6.45) is 0. The minimum atomic E-state index is -0.330. The van der Waals surface area contributed by atoms with E-state index >= 15 is 0 Å². The summed E-state index contributed by atoms with van der Waals surface area (Å²) in [7, 11) is 0. The number of carbonyl (C=O) groups is 1. The number of hydrogen-bond donors (Lipinski definition) is 0. The molecule has 0 spiro atoms. The average Bonchev–Trinajstić information content (AvgIpc) is 2.07. The lowest BCUT2D eigenvalue weighted by atomic mass is 10.3. The Morgan fingerprint density at radius 2 is 2.00 bits per heavy atom. The molecule has 1 aromatic rings. The van der Waals surface area contributed by atoms with Gasteiger partial charge in [-0.05, 0) is 19.1 Å². The highest BCUT2D eigenvalue weighted by atomic mass is 32.1. The molecule has 0 saturated carbocycles. The van der Waals surface area contributed by atoms with Gasteiger partial charge in [0, 0.05) is 12.2 Å². The van der Waals surface area contributed by atoms with Crippen molar-refractivity contribution in [3.8, 4) is 0 Å². The second-order valence-electron chi connectivity index (χ2n) is 2.35. The fourth-order valence-electron chi connectivity index (χ4n) is 1.03. The van der Waals surface area contributed by atoms with Crippen LogP contribution < -0.4 is 4.90 Å². The van der Waals surface area contributed by atoms with Gasteiger partial charge in [-0.15, -0.1) is 0 Å². The van der Waals surface area contributed by atoms with Gasteiger partial charge in [0.1, 0.15) is 5.24 Å². The Labute approximate surface area is 77.6 Å². The highest BCUT2D eigenvalue weighted by Gasteiger charge is 2.01. The normalized spacial score (nSPS) is 9.42. The molecule has 64 valence electrons. The summed E-state index contributed by atoms with van der Waals surface area (Å²) >= 11 is 4.57. The molecule has 0 unspecified atom stereocenters. The minimum absolute atomic E-state index is 0.330. The first-order valence-electron chi connectivity index (χ1n) is 3.79. The van der Waals surface area contributed by atoms with E-state index in [9.17, 15) is 4.79 Å². The van der Waals surface area contributed by atoms with Gasteiger partial charge in [-0.25, -0.2) is 0 Å². The average molecular weight is 180 g/mol. The van der Waals surface area contributed by atoms with Gasteiger partial charge in [0.25, 0.3) is 0 Å². The molecule has 3 heteroatoms. The molecule has 0 radical (unpaired) electrons. The second-order valence-corrected chi connectivity index (χ2v) is 2.69. The van der Waals surface area contributed by atoms with Gasteiger partial charge in [0.2, 0.25) is 0 Å². The Kier molecular flexibility index (Phi) is 3.05. The maximum atomic E-state index is 10.9. The van der Waals surface area contributed by atoms with Gasteiger partial charge in [-0.2, -0.15) is 0 Å². The zero-order valence-electron chi connectivity index (χ0n) is 6.86. The van der Waals surface area contributed by atoms with E-state index in [1.807, 2.05) is 37.3 Å². The number of carbonyl (C=O) groups excluding carboxylic acids is 1. The summed E-state index contributed by atoms with van der Waals surface area (Å²) in [5.41, 5.74) is 0.861. The number of rotatable bonds is 2. The van der Waals surface area contributed by atoms with E-state index in [1.165, 1.54) is 0 Å². The molecule has 0 saturated heterocycles. The van der Waals surface area contributed by atoms with Crippen molar-refractivity contribution in [1.82, 2.24) is 0 Å². The number of anilines is 1. The molecule has 1 aromatic carbocycles. The monoisotopic (exact) mass is 180 g/mol. The summed E-state index contributed by atoms with van der Waals surface area (Å²) in [5.74, 6) is 0. The Morgan fingerprint density at radius 3 is 2.42 bits per heavy atom. The van der Waals surface area contributed by atoms with Crippen molar-refractivity contribution in [3.05, 3.63) is 30.3 Å². The smallest absolute Gasteiger partial charge is 0.105 e. The maximum absolute atomic E-state index is 10.9. The van der Waals surface area contributed by atoms with Crippen LogP contribution in [-0.2, 0) is 12.6 Å². The fourth-order valence-corrected chi connectivity index (χ4v) is 1.26. The zero-order chi connectivity index (χ0) is 8.97. The number of amides is 1. The molecule has 0 fully saturated rings. The molecule has 0 aromatic heterocycles. The quantitative estimate of drug-likeness (QED) is 0.650. The fraction of sp³-hybridized carbons (Fsp3) is 0.222. The van der Waals surface area contributed by atoms with Gasteiger partial charge >= 0.3 is 0 Å². The first-order valence-corrected chi connectivity index (χ1v) is 4.20. The van der Waals surface area contributed by atoms with Crippen LogP contribution in [0.2, 0.25) is 0 Å². The molecule has 12 heavy (non-hydrogen) atoms. The highest BCUT2D eigenvalue weighted by Crippen LogP contribution is 2.12. The third kappa shape index (κ3) is 1.95. The third-order valence-corrected chi connectivity index (χ3v) is 1.82. The Hall–Kier alpha value is -1.09. The molecule has 0 heterocycles. The number of para-hydroxylation sites is 1. The van der Waals surface area contributed by atoms with Crippen molar-refractivity contribution in [2.75, 3.05) is 11.4 Å². The predicted molar refractivity (Wildman–Crippen MR) is 52.2 cm³/mol.